The number of rotatable bonds is 7. The number of nitrogens with one attached hydrogen (secondary N) is 2. The second-order valence-corrected chi connectivity index (χ2v) is 8.28. The van der Waals surface area contributed by atoms with Crippen molar-refractivity contribution in [1.82, 2.24) is 15.3 Å². The maximum absolute atomic E-state index is 13.0. The van der Waals surface area contributed by atoms with Gasteiger partial charge in [-0.05, 0) is 42.0 Å². The molecule has 35 heavy (non-hydrogen) atoms. The Kier molecular flexibility index (Phi) is 7.07. The Bertz CT molecular complexity index is 1400. The number of benzene rings is 3. The number of aryl methyl sites for hydroxylation is 1. The van der Waals surface area contributed by atoms with Crippen molar-refractivity contribution >= 4 is 40.7 Å². The Balaban J connectivity index is 1.57. The summed E-state index contributed by atoms with van der Waals surface area (Å²) in [6.07, 6.45) is 5.17. The van der Waals surface area contributed by atoms with Crippen molar-refractivity contribution in [2.24, 2.45) is 12.1 Å². The highest BCUT2D eigenvalue weighted by atomic mass is 16.2. The predicted molar refractivity (Wildman–Crippen MR) is 141 cm³/mol. The molecule has 0 fully saturated rings. The number of para-hydroxylation sites is 1. The fraction of sp³-hybridized carbons (Fsp3) is 0.107. The third kappa shape index (κ3) is 5.65. The zero-order valence-electron chi connectivity index (χ0n) is 19.9. The summed E-state index contributed by atoms with van der Waals surface area (Å²) in [4.78, 5) is 27.8. The topological polar surface area (TPSA) is 78.7 Å². The van der Waals surface area contributed by atoms with Gasteiger partial charge in [-0.15, -0.1) is 0 Å². The number of aromatic nitrogens is 1. The zero-order valence-corrected chi connectivity index (χ0v) is 19.9. The molecule has 1 aromatic heterocycles. The van der Waals surface area contributed by atoms with Crippen LogP contribution in [0.2, 0.25) is 0 Å². The Morgan fingerprint density at radius 1 is 0.914 bits per heavy atom. The molecule has 4 rings (SSSR count). The molecular weight excluding hydrogens is 438 g/mol. The molecule has 0 saturated heterocycles. The molecule has 0 atom stereocenters. The van der Waals surface area contributed by atoms with Gasteiger partial charge in [0.2, 0.25) is 0 Å². The summed E-state index contributed by atoms with van der Waals surface area (Å²) in [6.45, 7) is 0. The number of nitrogens with zero attached hydrogens (tertiary/aromatic N) is 3. The maximum Gasteiger partial charge on any atom is 0.287 e. The lowest BCUT2D eigenvalue weighted by atomic mass is 10.1. The van der Waals surface area contributed by atoms with E-state index in [4.69, 9.17) is 0 Å². The van der Waals surface area contributed by atoms with Gasteiger partial charge in [0.15, 0.2) is 0 Å². The van der Waals surface area contributed by atoms with Crippen molar-refractivity contribution in [3.63, 3.8) is 0 Å². The van der Waals surface area contributed by atoms with Crippen LogP contribution in [0.5, 0.6) is 0 Å². The van der Waals surface area contributed by atoms with Crippen molar-refractivity contribution in [2.45, 2.75) is 0 Å². The number of fused-ring (bicyclic) bond motifs is 1. The van der Waals surface area contributed by atoms with Crippen LogP contribution in [0, 0.1) is 0 Å². The summed E-state index contributed by atoms with van der Waals surface area (Å²) in [5.41, 5.74) is 6.83. The van der Waals surface area contributed by atoms with Crippen LogP contribution in [-0.4, -0.2) is 36.7 Å². The van der Waals surface area contributed by atoms with E-state index in [2.05, 4.69) is 15.8 Å². The summed E-state index contributed by atoms with van der Waals surface area (Å²) in [5.74, 6) is -0.905. The van der Waals surface area contributed by atoms with Gasteiger partial charge >= 0.3 is 0 Å². The molecule has 0 bridgehead atoms. The molecule has 4 aromatic rings. The van der Waals surface area contributed by atoms with Gasteiger partial charge in [0, 0.05) is 55.1 Å². The van der Waals surface area contributed by atoms with Crippen LogP contribution < -0.4 is 15.6 Å². The molecule has 0 aliphatic carbocycles. The van der Waals surface area contributed by atoms with Crippen LogP contribution in [-0.2, 0) is 11.8 Å². The molecule has 1 heterocycles. The van der Waals surface area contributed by atoms with E-state index in [0.717, 1.165) is 27.7 Å². The SMILES string of the molecule is CN(C)c1ccc(/C=C(/NC(=O)c2ccccc2)C(=O)N/N=C\c2cn(C)c3ccccc23)cc1. The van der Waals surface area contributed by atoms with Crippen LogP contribution in [0.25, 0.3) is 17.0 Å². The first-order valence-corrected chi connectivity index (χ1v) is 11.2. The molecule has 0 radical (unpaired) electrons. The van der Waals surface area contributed by atoms with E-state index >= 15 is 0 Å². The normalized spacial score (nSPS) is 11.6. The quantitative estimate of drug-likeness (QED) is 0.244. The molecule has 3 aromatic carbocycles. The van der Waals surface area contributed by atoms with Gasteiger partial charge in [-0.25, -0.2) is 5.43 Å². The molecule has 2 amide bonds. The number of amides is 2. The first-order chi connectivity index (χ1) is 16.9. The smallest absolute Gasteiger partial charge is 0.287 e. The van der Waals surface area contributed by atoms with E-state index in [-0.39, 0.29) is 11.6 Å². The third-order valence-corrected chi connectivity index (χ3v) is 5.55. The van der Waals surface area contributed by atoms with Gasteiger partial charge < -0.3 is 14.8 Å². The minimum Gasteiger partial charge on any atom is -0.378 e. The number of carbonyl (C=O) groups is 2. The molecule has 0 aliphatic rings. The van der Waals surface area contributed by atoms with Crippen LogP contribution >= 0.6 is 0 Å². The summed E-state index contributed by atoms with van der Waals surface area (Å²) >= 11 is 0. The standard InChI is InChI=1S/C28H27N5O2/c1-32(2)23-15-13-20(14-16-23)17-25(30-27(34)21-9-5-4-6-10-21)28(35)31-29-18-22-19-33(3)26-12-8-7-11-24(22)26/h4-19H,1-3H3,(H,30,34)(H,31,35)/b25-17+,29-18-. The molecule has 2 N–H and O–H groups in total. The third-order valence-electron chi connectivity index (χ3n) is 5.55. The van der Waals surface area contributed by atoms with Crippen molar-refractivity contribution in [1.29, 1.82) is 0 Å². The summed E-state index contributed by atoms with van der Waals surface area (Å²) in [6, 6.07) is 24.4. The van der Waals surface area contributed by atoms with E-state index in [9.17, 15) is 9.59 Å². The fourth-order valence-electron chi connectivity index (χ4n) is 3.67. The zero-order chi connectivity index (χ0) is 24.8. The molecule has 7 heteroatoms. The van der Waals surface area contributed by atoms with Crippen LogP contribution in [0.3, 0.4) is 0 Å². The molecule has 7 nitrogen and oxygen atoms in total. The molecule has 0 unspecified atom stereocenters. The van der Waals surface area contributed by atoms with Gasteiger partial charge in [-0.1, -0.05) is 48.5 Å². The Morgan fingerprint density at radius 3 is 2.31 bits per heavy atom. The second-order valence-electron chi connectivity index (χ2n) is 8.28. The Labute approximate surface area is 204 Å². The molecular formula is C28H27N5O2. The highest BCUT2D eigenvalue weighted by Crippen LogP contribution is 2.18. The van der Waals surface area contributed by atoms with E-state index in [0.29, 0.717) is 5.56 Å². The maximum atomic E-state index is 13.0. The van der Waals surface area contributed by atoms with Crippen LogP contribution in [0.1, 0.15) is 21.5 Å². The van der Waals surface area contributed by atoms with E-state index in [1.54, 1.807) is 36.6 Å². The van der Waals surface area contributed by atoms with Crippen LogP contribution in [0.4, 0.5) is 5.69 Å². The van der Waals surface area contributed by atoms with Gasteiger partial charge in [0.1, 0.15) is 5.70 Å². The highest BCUT2D eigenvalue weighted by molar-refractivity contribution is 6.06. The first-order valence-electron chi connectivity index (χ1n) is 11.2. The van der Waals surface area contributed by atoms with Crippen molar-refractivity contribution in [3.05, 3.63) is 107 Å². The minimum atomic E-state index is -0.526. The summed E-state index contributed by atoms with van der Waals surface area (Å²) < 4.78 is 2.00. The van der Waals surface area contributed by atoms with Gasteiger partial charge in [0.05, 0.1) is 6.21 Å². The molecule has 176 valence electrons. The van der Waals surface area contributed by atoms with Crippen molar-refractivity contribution in [3.8, 4) is 0 Å². The highest BCUT2D eigenvalue weighted by Gasteiger charge is 2.14. The Hall–Kier alpha value is -4.65. The van der Waals surface area contributed by atoms with Crippen LogP contribution in [0.15, 0.2) is 95.9 Å². The number of hydrogen-bond acceptors (Lipinski definition) is 4. The predicted octanol–water partition coefficient (Wildman–Crippen LogP) is 4.17. The van der Waals surface area contributed by atoms with Gasteiger partial charge in [-0.3, -0.25) is 9.59 Å². The lowest BCUT2D eigenvalue weighted by Crippen LogP contribution is -2.32. The second kappa shape index (κ2) is 10.5. The summed E-state index contributed by atoms with van der Waals surface area (Å²) in [5, 5.41) is 7.90. The molecule has 0 aliphatic heterocycles. The molecule has 0 spiro atoms. The lowest BCUT2D eigenvalue weighted by Gasteiger charge is -2.12. The Morgan fingerprint density at radius 2 is 1.60 bits per heavy atom. The van der Waals surface area contributed by atoms with E-state index in [1.165, 1.54) is 0 Å². The van der Waals surface area contributed by atoms with Gasteiger partial charge in [-0.2, -0.15) is 5.10 Å². The average molecular weight is 466 g/mol. The van der Waals surface area contributed by atoms with Crippen molar-refractivity contribution in [2.75, 3.05) is 19.0 Å². The van der Waals surface area contributed by atoms with E-state index in [1.807, 2.05) is 91.4 Å². The number of hydrogen-bond donors (Lipinski definition) is 2. The summed E-state index contributed by atoms with van der Waals surface area (Å²) in [7, 11) is 5.87. The fourth-order valence-corrected chi connectivity index (χ4v) is 3.67. The minimum absolute atomic E-state index is 0.0894. The van der Waals surface area contributed by atoms with Crippen molar-refractivity contribution < 1.29 is 9.59 Å². The number of hydrazone groups is 1. The first kappa shape index (κ1) is 23.5. The number of carbonyl (C=O) groups excluding carboxylic acids is 2. The number of anilines is 1. The molecule has 0 saturated carbocycles. The largest absolute Gasteiger partial charge is 0.378 e. The monoisotopic (exact) mass is 465 g/mol. The van der Waals surface area contributed by atoms with Gasteiger partial charge in [0.25, 0.3) is 11.8 Å². The average Bonchev–Trinajstić information content (AvgIpc) is 3.20. The lowest BCUT2D eigenvalue weighted by molar-refractivity contribution is -0.117. The van der Waals surface area contributed by atoms with E-state index < -0.39 is 5.91 Å².